The molecule has 1 fully saturated rings. The first-order valence-electron chi connectivity index (χ1n) is 7.28. The number of nitrogens with zero attached hydrogens (tertiary/aromatic N) is 2. The van der Waals surface area contributed by atoms with Gasteiger partial charge in [-0.15, -0.1) is 0 Å². The van der Waals surface area contributed by atoms with Crippen LogP contribution in [0.2, 0.25) is 0 Å². The van der Waals surface area contributed by atoms with E-state index in [0.717, 1.165) is 38.1 Å². The summed E-state index contributed by atoms with van der Waals surface area (Å²) < 4.78 is 42.8. The first-order valence-corrected chi connectivity index (χ1v) is 7.28. The maximum atomic E-state index is 12.6. The topological polar surface area (TPSA) is 45.6 Å². The molecular weight excluding hydrogens is 297 g/mol. The molecule has 0 radical (unpaired) electrons. The Kier molecular flexibility index (Phi) is 5.28. The van der Waals surface area contributed by atoms with E-state index in [4.69, 9.17) is 4.74 Å². The molecule has 1 aromatic rings. The predicted molar refractivity (Wildman–Crippen MR) is 76.7 cm³/mol. The van der Waals surface area contributed by atoms with Crippen LogP contribution in [0.4, 0.5) is 19.0 Å². The van der Waals surface area contributed by atoms with E-state index in [1.165, 1.54) is 6.07 Å². The number of anilines is 1. The lowest BCUT2D eigenvalue weighted by Gasteiger charge is -2.42. The van der Waals surface area contributed by atoms with E-state index in [1.54, 1.807) is 7.11 Å². The lowest BCUT2D eigenvalue weighted by atomic mass is 9.78. The van der Waals surface area contributed by atoms with Crippen LogP contribution in [0.15, 0.2) is 18.3 Å². The minimum absolute atomic E-state index is 0.0352. The van der Waals surface area contributed by atoms with Gasteiger partial charge in [-0.3, -0.25) is 0 Å². The van der Waals surface area contributed by atoms with Crippen LogP contribution in [-0.4, -0.2) is 43.5 Å². The van der Waals surface area contributed by atoms with E-state index in [1.807, 2.05) is 4.90 Å². The van der Waals surface area contributed by atoms with Gasteiger partial charge in [0.15, 0.2) is 0 Å². The monoisotopic (exact) mass is 318 g/mol. The Hall–Kier alpha value is -1.34. The Morgan fingerprint density at radius 1 is 1.41 bits per heavy atom. The summed E-state index contributed by atoms with van der Waals surface area (Å²) in [5.41, 5.74) is -1.03. The number of rotatable bonds is 5. The largest absolute Gasteiger partial charge is 0.417 e. The van der Waals surface area contributed by atoms with Crippen molar-refractivity contribution in [1.82, 2.24) is 4.98 Å². The molecular formula is C15H21F3N2O2. The van der Waals surface area contributed by atoms with E-state index >= 15 is 0 Å². The number of halogens is 3. The first-order chi connectivity index (χ1) is 10.4. The third-order valence-electron chi connectivity index (χ3n) is 4.23. The quantitative estimate of drug-likeness (QED) is 0.907. The number of aliphatic hydroxyl groups is 1. The third-order valence-corrected chi connectivity index (χ3v) is 4.23. The Morgan fingerprint density at radius 2 is 2.18 bits per heavy atom. The summed E-state index contributed by atoms with van der Waals surface area (Å²) in [6, 6.07) is 2.44. The van der Waals surface area contributed by atoms with Gasteiger partial charge in [0.25, 0.3) is 0 Å². The highest BCUT2D eigenvalue weighted by Gasteiger charge is 2.36. The summed E-state index contributed by atoms with van der Waals surface area (Å²) >= 11 is 0. The molecule has 0 aromatic carbocycles. The third kappa shape index (κ3) is 3.89. The minimum Gasteiger partial charge on any atom is -0.396 e. The highest BCUT2D eigenvalue weighted by molar-refractivity contribution is 5.40. The SMILES string of the molecule is COCCC1(CO)CCCN(c2ccc(C(F)(F)F)cn2)C1. The van der Waals surface area contributed by atoms with Crippen LogP contribution in [0, 0.1) is 5.41 Å². The maximum absolute atomic E-state index is 12.6. The average Bonchev–Trinajstić information content (AvgIpc) is 2.52. The van der Waals surface area contributed by atoms with Crippen molar-refractivity contribution in [1.29, 1.82) is 0 Å². The van der Waals surface area contributed by atoms with Crippen molar-refractivity contribution in [2.45, 2.75) is 25.4 Å². The van der Waals surface area contributed by atoms with E-state index in [9.17, 15) is 18.3 Å². The summed E-state index contributed by atoms with van der Waals surface area (Å²) in [6.07, 6.45) is -1.05. The van der Waals surface area contributed by atoms with Crippen molar-refractivity contribution in [2.75, 3.05) is 38.3 Å². The van der Waals surface area contributed by atoms with Crippen LogP contribution in [0.25, 0.3) is 0 Å². The molecule has 2 heterocycles. The highest BCUT2D eigenvalue weighted by Crippen LogP contribution is 2.35. The van der Waals surface area contributed by atoms with Crippen molar-refractivity contribution in [3.05, 3.63) is 23.9 Å². The number of aliphatic hydroxyl groups excluding tert-OH is 1. The lowest BCUT2D eigenvalue weighted by molar-refractivity contribution is -0.137. The molecule has 1 saturated heterocycles. The lowest BCUT2D eigenvalue weighted by Crippen LogP contribution is -2.46. The minimum atomic E-state index is -4.37. The summed E-state index contributed by atoms with van der Waals surface area (Å²) in [6.45, 7) is 1.89. The summed E-state index contributed by atoms with van der Waals surface area (Å²) in [4.78, 5) is 5.88. The van der Waals surface area contributed by atoms with Crippen molar-refractivity contribution in [3.63, 3.8) is 0 Å². The Morgan fingerprint density at radius 3 is 2.73 bits per heavy atom. The second kappa shape index (κ2) is 6.83. The van der Waals surface area contributed by atoms with Gasteiger partial charge in [-0.2, -0.15) is 13.2 Å². The molecule has 124 valence electrons. The molecule has 1 aliphatic heterocycles. The molecule has 0 spiro atoms. The summed E-state index contributed by atoms with van der Waals surface area (Å²) in [5, 5.41) is 9.73. The second-order valence-corrected chi connectivity index (χ2v) is 5.83. The number of hydrogen-bond donors (Lipinski definition) is 1. The molecule has 0 bridgehead atoms. The number of piperidine rings is 1. The molecule has 0 amide bonds. The highest BCUT2D eigenvalue weighted by atomic mass is 19.4. The molecule has 2 rings (SSSR count). The van der Waals surface area contributed by atoms with Gasteiger partial charge in [0.1, 0.15) is 5.82 Å². The standard InChI is InChI=1S/C15H21F3N2O2/c1-22-8-6-14(11-21)5-2-7-20(10-14)13-4-3-12(9-19-13)15(16,17)18/h3-4,9,21H,2,5-8,10-11H2,1H3. The van der Waals surface area contributed by atoms with Gasteiger partial charge >= 0.3 is 6.18 Å². The van der Waals surface area contributed by atoms with Gasteiger partial charge in [0, 0.05) is 38.4 Å². The predicted octanol–water partition coefficient (Wildman–Crippen LogP) is 2.72. The maximum Gasteiger partial charge on any atom is 0.417 e. The van der Waals surface area contributed by atoms with Crippen LogP contribution >= 0.6 is 0 Å². The molecule has 1 aromatic heterocycles. The second-order valence-electron chi connectivity index (χ2n) is 5.83. The summed E-state index contributed by atoms with van der Waals surface area (Å²) in [7, 11) is 1.61. The number of aromatic nitrogens is 1. The van der Waals surface area contributed by atoms with Gasteiger partial charge in [-0.1, -0.05) is 0 Å². The van der Waals surface area contributed by atoms with Crippen LogP contribution in [0.1, 0.15) is 24.8 Å². The van der Waals surface area contributed by atoms with Crippen molar-refractivity contribution in [3.8, 4) is 0 Å². The normalized spacial score (nSPS) is 22.9. The summed E-state index contributed by atoms with van der Waals surface area (Å²) in [5.74, 6) is 0.517. The van der Waals surface area contributed by atoms with E-state index in [0.29, 0.717) is 19.0 Å². The van der Waals surface area contributed by atoms with E-state index in [2.05, 4.69) is 4.98 Å². The average molecular weight is 318 g/mol. The van der Waals surface area contributed by atoms with Gasteiger partial charge in [-0.25, -0.2) is 4.98 Å². The fourth-order valence-corrected chi connectivity index (χ4v) is 2.87. The fraction of sp³-hybridized carbons (Fsp3) is 0.667. The molecule has 0 saturated carbocycles. The van der Waals surface area contributed by atoms with Gasteiger partial charge in [0.2, 0.25) is 0 Å². The Balaban J connectivity index is 2.11. The van der Waals surface area contributed by atoms with Gasteiger partial charge in [0.05, 0.1) is 12.2 Å². The molecule has 7 heteroatoms. The van der Waals surface area contributed by atoms with Gasteiger partial charge in [-0.05, 0) is 31.4 Å². The number of ether oxygens (including phenoxy) is 1. The molecule has 4 nitrogen and oxygen atoms in total. The molecule has 0 aliphatic carbocycles. The van der Waals surface area contributed by atoms with Crippen LogP contribution in [0.3, 0.4) is 0 Å². The fourth-order valence-electron chi connectivity index (χ4n) is 2.87. The van der Waals surface area contributed by atoms with Crippen LogP contribution < -0.4 is 4.90 Å². The number of methoxy groups -OCH3 is 1. The first kappa shape index (κ1) is 17.0. The smallest absolute Gasteiger partial charge is 0.396 e. The zero-order chi connectivity index (χ0) is 16.2. The molecule has 1 atom stereocenters. The molecule has 1 N–H and O–H groups in total. The Labute approximate surface area is 127 Å². The van der Waals surface area contributed by atoms with Crippen LogP contribution in [0.5, 0.6) is 0 Å². The zero-order valence-corrected chi connectivity index (χ0v) is 12.6. The molecule has 22 heavy (non-hydrogen) atoms. The number of hydrogen-bond acceptors (Lipinski definition) is 4. The van der Waals surface area contributed by atoms with Crippen molar-refractivity contribution in [2.24, 2.45) is 5.41 Å². The van der Waals surface area contributed by atoms with E-state index in [-0.39, 0.29) is 12.0 Å². The van der Waals surface area contributed by atoms with Crippen LogP contribution in [-0.2, 0) is 10.9 Å². The van der Waals surface area contributed by atoms with Crippen molar-refractivity contribution >= 4 is 5.82 Å². The Bertz CT molecular complexity index is 479. The molecule has 1 unspecified atom stereocenters. The van der Waals surface area contributed by atoms with E-state index < -0.39 is 11.7 Å². The number of alkyl halides is 3. The molecule has 1 aliphatic rings. The zero-order valence-electron chi connectivity index (χ0n) is 12.6. The number of pyridine rings is 1. The van der Waals surface area contributed by atoms with Crippen molar-refractivity contribution < 1.29 is 23.0 Å². The van der Waals surface area contributed by atoms with Gasteiger partial charge < -0.3 is 14.7 Å².